The van der Waals surface area contributed by atoms with E-state index >= 15 is 0 Å². The monoisotopic (exact) mass is 169 g/mol. The largest absolute Gasteiger partial charge is 0.506 e. The lowest BCUT2D eigenvalue weighted by Crippen LogP contribution is -2.16. The van der Waals surface area contributed by atoms with Crippen molar-refractivity contribution in [3.8, 4) is 0 Å². The molecular formula is C8H11NO3. The fourth-order valence-corrected chi connectivity index (χ4v) is 1.15. The average molecular weight is 169 g/mol. The topological polar surface area (TPSA) is 63.4 Å². The number of allylic oxidation sites excluding steroid dienone is 3. The minimum Gasteiger partial charge on any atom is -0.506 e. The molecule has 0 bridgehead atoms. The van der Waals surface area contributed by atoms with E-state index in [0.717, 1.165) is 0 Å². The second-order valence-corrected chi connectivity index (χ2v) is 3.59. The van der Waals surface area contributed by atoms with Gasteiger partial charge in [0.25, 0.3) is 0 Å². The van der Waals surface area contributed by atoms with Crippen molar-refractivity contribution in [1.29, 1.82) is 0 Å². The zero-order valence-corrected chi connectivity index (χ0v) is 7.07. The van der Waals surface area contributed by atoms with Crippen molar-refractivity contribution < 1.29 is 10.0 Å². The van der Waals surface area contributed by atoms with E-state index in [1.165, 1.54) is 6.08 Å². The van der Waals surface area contributed by atoms with Crippen LogP contribution in [0.3, 0.4) is 0 Å². The summed E-state index contributed by atoms with van der Waals surface area (Å²) in [6.45, 7) is 3.83. The van der Waals surface area contributed by atoms with Crippen LogP contribution >= 0.6 is 0 Å². The van der Waals surface area contributed by atoms with Crippen LogP contribution in [0.1, 0.15) is 20.3 Å². The fraction of sp³-hybridized carbons (Fsp3) is 0.500. The Morgan fingerprint density at radius 2 is 2.25 bits per heavy atom. The second kappa shape index (κ2) is 2.62. The van der Waals surface area contributed by atoms with Crippen LogP contribution in [-0.4, -0.2) is 10.0 Å². The number of nitro groups is 1. The van der Waals surface area contributed by atoms with Gasteiger partial charge in [-0.15, -0.1) is 0 Å². The summed E-state index contributed by atoms with van der Waals surface area (Å²) >= 11 is 0. The van der Waals surface area contributed by atoms with E-state index in [1.807, 2.05) is 13.8 Å². The molecule has 0 aromatic rings. The normalized spacial score (nSPS) is 21.2. The van der Waals surface area contributed by atoms with E-state index in [2.05, 4.69) is 0 Å². The van der Waals surface area contributed by atoms with Crippen LogP contribution in [0, 0.1) is 15.5 Å². The molecule has 1 N–H and O–H groups in total. The molecule has 66 valence electrons. The molecule has 1 rings (SSSR count). The number of hydrogen-bond donors (Lipinski definition) is 1. The van der Waals surface area contributed by atoms with Crippen molar-refractivity contribution in [3.63, 3.8) is 0 Å². The molecule has 0 saturated heterocycles. The molecule has 0 radical (unpaired) electrons. The van der Waals surface area contributed by atoms with E-state index in [4.69, 9.17) is 0 Å². The Morgan fingerprint density at radius 3 is 2.67 bits per heavy atom. The van der Waals surface area contributed by atoms with Crippen LogP contribution in [-0.2, 0) is 0 Å². The molecule has 0 heterocycles. The summed E-state index contributed by atoms with van der Waals surface area (Å²) in [5.74, 6) is -0.132. The van der Waals surface area contributed by atoms with Gasteiger partial charge >= 0.3 is 5.70 Å². The Hall–Kier alpha value is -1.32. The van der Waals surface area contributed by atoms with Gasteiger partial charge in [0, 0.05) is 12.5 Å². The van der Waals surface area contributed by atoms with Gasteiger partial charge in [-0.1, -0.05) is 19.9 Å². The molecule has 0 unspecified atom stereocenters. The van der Waals surface area contributed by atoms with Crippen LogP contribution in [0.2, 0.25) is 0 Å². The van der Waals surface area contributed by atoms with Gasteiger partial charge in [-0.05, 0) is 5.41 Å². The minimum absolute atomic E-state index is 0.132. The average Bonchev–Trinajstić information content (AvgIpc) is 1.83. The standard InChI is InChI=1S/C8H11NO3/c1-8(2)4-3-6(9(11)12)7(10)5-8/h3-4,10H,5H2,1-2H3. The summed E-state index contributed by atoms with van der Waals surface area (Å²) in [6.07, 6.45) is 3.43. The zero-order valence-electron chi connectivity index (χ0n) is 7.07. The van der Waals surface area contributed by atoms with E-state index in [-0.39, 0.29) is 16.9 Å². The smallest absolute Gasteiger partial charge is 0.306 e. The predicted molar refractivity (Wildman–Crippen MR) is 44.2 cm³/mol. The highest BCUT2D eigenvalue weighted by molar-refractivity contribution is 5.23. The Kier molecular flexibility index (Phi) is 1.92. The first-order chi connectivity index (χ1) is 5.42. The van der Waals surface area contributed by atoms with Crippen LogP contribution in [0.4, 0.5) is 0 Å². The van der Waals surface area contributed by atoms with Gasteiger partial charge in [0.1, 0.15) is 0 Å². The van der Waals surface area contributed by atoms with Gasteiger partial charge in [-0.3, -0.25) is 10.1 Å². The van der Waals surface area contributed by atoms with E-state index in [0.29, 0.717) is 6.42 Å². The summed E-state index contributed by atoms with van der Waals surface area (Å²) in [5, 5.41) is 19.6. The first-order valence-electron chi connectivity index (χ1n) is 3.68. The molecule has 0 amide bonds. The third-order valence-corrected chi connectivity index (χ3v) is 1.81. The molecule has 4 heteroatoms. The molecule has 0 aromatic heterocycles. The zero-order chi connectivity index (χ0) is 9.35. The second-order valence-electron chi connectivity index (χ2n) is 3.59. The fourth-order valence-electron chi connectivity index (χ4n) is 1.15. The van der Waals surface area contributed by atoms with Crippen molar-refractivity contribution >= 4 is 0 Å². The highest BCUT2D eigenvalue weighted by atomic mass is 16.6. The van der Waals surface area contributed by atoms with E-state index < -0.39 is 4.92 Å². The number of rotatable bonds is 1. The lowest BCUT2D eigenvalue weighted by molar-refractivity contribution is -0.422. The molecule has 12 heavy (non-hydrogen) atoms. The Morgan fingerprint density at radius 1 is 1.67 bits per heavy atom. The quantitative estimate of drug-likeness (QED) is 0.482. The van der Waals surface area contributed by atoms with E-state index in [9.17, 15) is 15.2 Å². The van der Waals surface area contributed by atoms with Crippen molar-refractivity contribution in [3.05, 3.63) is 33.7 Å². The maximum atomic E-state index is 10.3. The first-order valence-corrected chi connectivity index (χ1v) is 3.68. The summed E-state index contributed by atoms with van der Waals surface area (Å²) in [6, 6.07) is 0. The first kappa shape index (κ1) is 8.77. The lowest BCUT2D eigenvalue weighted by atomic mass is 9.84. The predicted octanol–water partition coefficient (Wildman–Crippen LogP) is 2.02. The van der Waals surface area contributed by atoms with Crippen molar-refractivity contribution in [2.24, 2.45) is 5.41 Å². The number of aliphatic hydroxyl groups excluding tert-OH is 1. The van der Waals surface area contributed by atoms with Crippen molar-refractivity contribution in [1.82, 2.24) is 0 Å². The molecule has 0 aliphatic heterocycles. The van der Waals surface area contributed by atoms with Crippen LogP contribution in [0.15, 0.2) is 23.6 Å². The van der Waals surface area contributed by atoms with Crippen LogP contribution in [0.25, 0.3) is 0 Å². The summed E-state index contributed by atoms with van der Waals surface area (Å²) < 4.78 is 0. The third kappa shape index (κ3) is 1.64. The van der Waals surface area contributed by atoms with Gasteiger partial charge in [-0.25, -0.2) is 0 Å². The van der Waals surface area contributed by atoms with Crippen LogP contribution in [0.5, 0.6) is 0 Å². The summed E-state index contributed by atoms with van der Waals surface area (Å²) in [7, 11) is 0. The number of aliphatic hydroxyl groups is 1. The van der Waals surface area contributed by atoms with Crippen LogP contribution < -0.4 is 0 Å². The molecule has 1 aliphatic carbocycles. The molecule has 1 aliphatic rings. The maximum absolute atomic E-state index is 10.3. The summed E-state index contributed by atoms with van der Waals surface area (Å²) in [5.41, 5.74) is -0.363. The van der Waals surface area contributed by atoms with E-state index in [1.54, 1.807) is 6.08 Å². The molecule has 0 aromatic carbocycles. The molecule has 0 spiro atoms. The van der Waals surface area contributed by atoms with Crippen molar-refractivity contribution in [2.75, 3.05) is 0 Å². The van der Waals surface area contributed by atoms with Crippen molar-refractivity contribution in [2.45, 2.75) is 20.3 Å². The van der Waals surface area contributed by atoms with Gasteiger partial charge in [0.2, 0.25) is 0 Å². The highest BCUT2D eigenvalue weighted by Gasteiger charge is 2.27. The molecule has 4 nitrogen and oxygen atoms in total. The number of nitrogens with zero attached hydrogens (tertiary/aromatic N) is 1. The SMILES string of the molecule is CC1(C)C=CC([N+](=O)[O-])=C(O)C1. The highest BCUT2D eigenvalue weighted by Crippen LogP contribution is 2.31. The molecule has 0 saturated carbocycles. The van der Waals surface area contributed by atoms with Gasteiger partial charge in [0.05, 0.1) is 4.92 Å². The lowest BCUT2D eigenvalue weighted by Gasteiger charge is -2.21. The Labute approximate surface area is 70.4 Å². The molecule has 0 fully saturated rings. The third-order valence-electron chi connectivity index (χ3n) is 1.81. The van der Waals surface area contributed by atoms with Gasteiger partial charge in [0.15, 0.2) is 5.76 Å². The van der Waals surface area contributed by atoms with Gasteiger partial charge in [-0.2, -0.15) is 0 Å². The Balaban J connectivity index is 2.95. The molecule has 0 atom stereocenters. The van der Waals surface area contributed by atoms with Gasteiger partial charge < -0.3 is 5.11 Å². The molecular weight excluding hydrogens is 158 g/mol. The Bertz CT molecular complexity index is 276. The summed E-state index contributed by atoms with van der Waals surface area (Å²) in [4.78, 5) is 9.74. The maximum Gasteiger partial charge on any atom is 0.306 e. The minimum atomic E-state index is -0.568. The number of hydrogen-bond acceptors (Lipinski definition) is 3.